The van der Waals surface area contributed by atoms with Gasteiger partial charge in [-0.25, -0.2) is 13.6 Å². The Bertz CT molecular complexity index is 702. The molecule has 0 aliphatic carbocycles. The van der Waals surface area contributed by atoms with Gasteiger partial charge in [-0.2, -0.15) is 0 Å². The molecule has 0 heterocycles. The van der Waals surface area contributed by atoms with E-state index in [1.54, 1.807) is 18.2 Å². The fourth-order valence-electron chi connectivity index (χ4n) is 1.70. The van der Waals surface area contributed by atoms with Crippen LogP contribution in [0.1, 0.15) is 17.3 Å². The van der Waals surface area contributed by atoms with Crippen molar-refractivity contribution in [2.75, 3.05) is 10.6 Å². The van der Waals surface area contributed by atoms with E-state index in [2.05, 4.69) is 10.6 Å². The molecule has 0 fully saturated rings. The number of hydrogen-bond donors (Lipinski definition) is 2. The summed E-state index contributed by atoms with van der Waals surface area (Å²) in [6.45, 7) is 1.40. The Labute approximate surface area is 119 Å². The second kappa shape index (κ2) is 6.13. The summed E-state index contributed by atoms with van der Waals surface area (Å²) in [5.74, 6) is -2.33. The average Bonchev–Trinajstić information content (AvgIpc) is 2.44. The van der Waals surface area contributed by atoms with E-state index < -0.39 is 17.7 Å². The Morgan fingerprint density at radius 3 is 2.43 bits per heavy atom. The molecule has 0 spiro atoms. The highest BCUT2D eigenvalue weighted by Crippen LogP contribution is 2.17. The van der Waals surface area contributed by atoms with Gasteiger partial charge in [0, 0.05) is 11.3 Å². The summed E-state index contributed by atoms with van der Waals surface area (Å²) in [6, 6.07) is 9.02. The van der Waals surface area contributed by atoms with Gasteiger partial charge in [0.25, 0.3) is 0 Å². The van der Waals surface area contributed by atoms with E-state index in [-0.39, 0.29) is 11.5 Å². The molecule has 2 rings (SSSR count). The Hall–Kier alpha value is -2.76. The van der Waals surface area contributed by atoms with Crippen LogP contribution in [0.2, 0.25) is 0 Å². The first-order valence-electron chi connectivity index (χ1n) is 6.10. The lowest BCUT2D eigenvalue weighted by atomic mass is 10.1. The van der Waals surface area contributed by atoms with Crippen molar-refractivity contribution < 1.29 is 18.4 Å². The molecule has 0 radical (unpaired) electrons. The van der Waals surface area contributed by atoms with Gasteiger partial charge in [0.1, 0.15) is 0 Å². The molecule has 6 heteroatoms. The number of anilines is 2. The van der Waals surface area contributed by atoms with Gasteiger partial charge in [-0.3, -0.25) is 4.79 Å². The molecule has 2 amide bonds. The minimum Gasteiger partial charge on any atom is -0.308 e. The zero-order valence-corrected chi connectivity index (χ0v) is 11.1. The van der Waals surface area contributed by atoms with E-state index in [0.717, 1.165) is 6.07 Å². The molecule has 0 saturated carbocycles. The third-order valence-corrected chi connectivity index (χ3v) is 2.73. The summed E-state index contributed by atoms with van der Waals surface area (Å²) in [4.78, 5) is 23.0. The molecule has 2 aromatic rings. The minimum absolute atomic E-state index is 0.143. The molecular weight excluding hydrogens is 278 g/mol. The number of rotatable bonds is 3. The molecule has 0 bridgehead atoms. The summed E-state index contributed by atoms with van der Waals surface area (Å²) in [5, 5.41) is 4.64. The van der Waals surface area contributed by atoms with Gasteiger partial charge >= 0.3 is 6.03 Å². The lowest BCUT2D eigenvalue weighted by Crippen LogP contribution is -2.20. The topological polar surface area (TPSA) is 58.2 Å². The summed E-state index contributed by atoms with van der Waals surface area (Å²) in [5.41, 5.74) is 0.539. The minimum atomic E-state index is -1.13. The van der Waals surface area contributed by atoms with Crippen LogP contribution >= 0.6 is 0 Å². The van der Waals surface area contributed by atoms with Crippen molar-refractivity contribution in [2.45, 2.75) is 6.92 Å². The Kier molecular flexibility index (Phi) is 4.27. The second-order valence-electron chi connectivity index (χ2n) is 4.32. The van der Waals surface area contributed by atoms with Crippen LogP contribution in [0.15, 0.2) is 42.5 Å². The quantitative estimate of drug-likeness (QED) is 0.844. The summed E-state index contributed by atoms with van der Waals surface area (Å²) >= 11 is 0. The zero-order chi connectivity index (χ0) is 15.4. The Morgan fingerprint density at radius 1 is 1.00 bits per heavy atom. The molecule has 0 atom stereocenters. The van der Waals surface area contributed by atoms with Crippen LogP contribution in [0.5, 0.6) is 0 Å². The second-order valence-corrected chi connectivity index (χ2v) is 4.32. The number of halogens is 2. The number of hydrogen-bond acceptors (Lipinski definition) is 2. The van der Waals surface area contributed by atoms with Gasteiger partial charge in [-0.1, -0.05) is 18.2 Å². The molecular formula is C15H12F2N2O2. The number of nitrogens with one attached hydrogen (secondary N) is 2. The number of ketones is 1. The molecule has 4 nitrogen and oxygen atoms in total. The average molecular weight is 290 g/mol. The van der Waals surface area contributed by atoms with E-state index in [9.17, 15) is 18.4 Å². The van der Waals surface area contributed by atoms with Crippen molar-refractivity contribution in [3.05, 3.63) is 59.7 Å². The number of carbonyl (C=O) groups is 2. The third-order valence-electron chi connectivity index (χ3n) is 2.73. The van der Waals surface area contributed by atoms with E-state index >= 15 is 0 Å². The maximum absolute atomic E-state index is 13.4. The molecule has 0 aromatic heterocycles. The predicted molar refractivity (Wildman–Crippen MR) is 75.4 cm³/mol. The van der Waals surface area contributed by atoms with Gasteiger partial charge in [0.05, 0.1) is 5.69 Å². The normalized spacial score (nSPS) is 10.0. The lowest BCUT2D eigenvalue weighted by molar-refractivity contribution is 0.101. The first kappa shape index (κ1) is 14.6. The molecule has 0 unspecified atom stereocenters. The van der Waals surface area contributed by atoms with E-state index in [1.165, 1.54) is 25.1 Å². The van der Waals surface area contributed by atoms with Crippen molar-refractivity contribution in [3.63, 3.8) is 0 Å². The maximum atomic E-state index is 13.4. The fraction of sp³-hybridized carbons (Fsp3) is 0.0667. The van der Waals surface area contributed by atoms with Gasteiger partial charge in [-0.15, -0.1) is 0 Å². The largest absolute Gasteiger partial charge is 0.323 e. The van der Waals surface area contributed by atoms with Crippen molar-refractivity contribution in [1.82, 2.24) is 0 Å². The van der Waals surface area contributed by atoms with Gasteiger partial charge in [-0.05, 0) is 31.2 Å². The molecule has 0 saturated heterocycles. The van der Waals surface area contributed by atoms with E-state index in [0.29, 0.717) is 11.3 Å². The SMILES string of the molecule is CC(=O)c1cccc(NC(=O)Nc2cccc(F)c2F)c1. The van der Waals surface area contributed by atoms with E-state index in [4.69, 9.17) is 0 Å². The third kappa shape index (κ3) is 3.62. The Morgan fingerprint density at radius 2 is 1.71 bits per heavy atom. The molecule has 108 valence electrons. The number of carbonyl (C=O) groups excluding carboxylic acids is 2. The van der Waals surface area contributed by atoms with Crippen LogP contribution in [0.4, 0.5) is 25.0 Å². The van der Waals surface area contributed by atoms with Crippen LogP contribution in [-0.4, -0.2) is 11.8 Å². The monoisotopic (exact) mass is 290 g/mol. The van der Waals surface area contributed by atoms with Crippen molar-refractivity contribution in [2.24, 2.45) is 0 Å². The van der Waals surface area contributed by atoms with Crippen LogP contribution < -0.4 is 10.6 Å². The fourth-order valence-corrected chi connectivity index (χ4v) is 1.70. The summed E-state index contributed by atoms with van der Waals surface area (Å²) in [7, 11) is 0. The molecule has 21 heavy (non-hydrogen) atoms. The maximum Gasteiger partial charge on any atom is 0.323 e. The zero-order valence-electron chi connectivity index (χ0n) is 11.1. The number of Topliss-reactive ketones (excluding diaryl/α,β-unsaturated/α-hetero) is 1. The van der Waals surface area contributed by atoms with Gasteiger partial charge < -0.3 is 10.6 Å². The summed E-state index contributed by atoms with van der Waals surface area (Å²) in [6.07, 6.45) is 0. The smallest absolute Gasteiger partial charge is 0.308 e. The molecule has 0 aliphatic rings. The molecule has 2 aromatic carbocycles. The molecule has 2 N–H and O–H groups in total. The molecule has 0 aliphatic heterocycles. The van der Waals surface area contributed by atoms with Crippen molar-refractivity contribution in [3.8, 4) is 0 Å². The standard InChI is InChI=1S/C15H12F2N2O2/c1-9(20)10-4-2-5-11(8-10)18-15(21)19-13-7-3-6-12(16)14(13)17/h2-8H,1H3,(H2,18,19,21). The first-order chi connectivity index (χ1) is 9.97. The van der Waals surface area contributed by atoms with Crippen LogP contribution in [0.25, 0.3) is 0 Å². The van der Waals surface area contributed by atoms with Gasteiger partial charge in [0.15, 0.2) is 17.4 Å². The first-order valence-corrected chi connectivity index (χ1v) is 6.10. The lowest BCUT2D eigenvalue weighted by Gasteiger charge is -2.09. The van der Waals surface area contributed by atoms with Crippen LogP contribution in [0, 0.1) is 11.6 Å². The van der Waals surface area contributed by atoms with E-state index in [1.807, 2.05) is 0 Å². The van der Waals surface area contributed by atoms with Crippen molar-refractivity contribution in [1.29, 1.82) is 0 Å². The predicted octanol–water partition coefficient (Wildman–Crippen LogP) is 3.81. The highest BCUT2D eigenvalue weighted by molar-refractivity contribution is 6.01. The van der Waals surface area contributed by atoms with Crippen LogP contribution in [-0.2, 0) is 0 Å². The number of amides is 2. The summed E-state index contributed by atoms with van der Waals surface area (Å²) < 4.78 is 26.4. The number of benzene rings is 2. The van der Waals surface area contributed by atoms with Crippen molar-refractivity contribution >= 4 is 23.2 Å². The highest BCUT2D eigenvalue weighted by Gasteiger charge is 2.11. The highest BCUT2D eigenvalue weighted by atomic mass is 19.2. The van der Waals surface area contributed by atoms with Crippen LogP contribution in [0.3, 0.4) is 0 Å². The number of urea groups is 1. The Balaban J connectivity index is 2.10. The van der Waals surface area contributed by atoms with Gasteiger partial charge in [0.2, 0.25) is 0 Å².